The normalized spacial score (nSPS) is 24.1. The maximum atomic E-state index is 13.4. The number of ketones is 3. The highest BCUT2D eigenvalue weighted by Crippen LogP contribution is 2.48. The summed E-state index contributed by atoms with van der Waals surface area (Å²) in [5.41, 5.74) is -0.807. The summed E-state index contributed by atoms with van der Waals surface area (Å²) in [4.78, 5) is 38.8. The molecule has 1 saturated carbocycles. The molecular formula is C21H22O6. The second-order valence-corrected chi connectivity index (χ2v) is 6.66. The number of allylic oxidation sites excluding steroid dienone is 3. The lowest BCUT2D eigenvalue weighted by atomic mass is 9.58. The van der Waals surface area contributed by atoms with Gasteiger partial charge in [0, 0.05) is 11.5 Å². The third-order valence-corrected chi connectivity index (χ3v) is 5.41. The van der Waals surface area contributed by atoms with E-state index in [0.29, 0.717) is 41.2 Å². The summed E-state index contributed by atoms with van der Waals surface area (Å²) in [5, 5.41) is 0. The van der Waals surface area contributed by atoms with E-state index < -0.39 is 22.9 Å². The minimum absolute atomic E-state index is 0.216. The lowest BCUT2D eigenvalue weighted by Crippen LogP contribution is -2.53. The Morgan fingerprint density at radius 3 is 2.30 bits per heavy atom. The highest BCUT2D eigenvalue weighted by molar-refractivity contribution is 6.42. The van der Waals surface area contributed by atoms with Gasteiger partial charge in [-0.3, -0.25) is 14.4 Å². The van der Waals surface area contributed by atoms with Crippen molar-refractivity contribution in [2.75, 3.05) is 21.3 Å². The number of rotatable bonds is 6. The summed E-state index contributed by atoms with van der Waals surface area (Å²) < 4.78 is 16.0. The highest BCUT2D eigenvalue weighted by atomic mass is 16.5. The molecule has 2 atom stereocenters. The molecule has 0 amide bonds. The van der Waals surface area contributed by atoms with E-state index in [0.717, 1.165) is 6.08 Å². The Hall–Kier alpha value is -2.89. The first-order valence-electron chi connectivity index (χ1n) is 8.72. The van der Waals surface area contributed by atoms with Crippen LogP contribution in [0.2, 0.25) is 0 Å². The van der Waals surface area contributed by atoms with Crippen LogP contribution in [-0.2, 0) is 14.4 Å². The van der Waals surface area contributed by atoms with Crippen molar-refractivity contribution in [3.05, 3.63) is 36.4 Å². The van der Waals surface area contributed by atoms with Crippen molar-refractivity contribution >= 4 is 22.9 Å². The average Bonchev–Trinajstić information content (AvgIpc) is 2.69. The number of benzene rings is 1. The zero-order valence-corrected chi connectivity index (χ0v) is 15.7. The van der Waals surface area contributed by atoms with Gasteiger partial charge in [-0.05, 0) is 36.6 Å². The molecule has 27 heavy (non-hydrogen) atoms. The molecule has 0 aliphatic heterocycles. The number of fused-ring (bicyclic) bond motifs is 2. The Bertz CT molecular complexity index is 840. The second-order valence-electron chi connectivity index (χ2n) is 6.66. The Morgan fingerprint density at radius 2 is 1.78 bits per heavy atom. The van der Waals surface area contributed by atoms with Gasteiger partial charge in [0.05, 0.1) is 21.3 Å². The summed E-state index contributed by atoms with van der Waals surface area (Å²) in [7, 11) is 4.46. The van der Waals surface area contributed by atoms with Gasteiger partial charge in [-0.1, -0.05) is 19.1 Å². The summed E-state index contributed by atoms with van der Waals surface area (Å²) in [6, 6.07) is 3.31. The van der Waals surface area contributed by atoms with Crippen LogP contribution in [0.5, 0.6) is 17.2 Å². The predicted molar refractivity (Wildman–Crippen MR) is 99.1 cm³/mol. The molecule has 6 heteroatoms. The molecule has 0 spiro atoms. The van der Waals surface area contributed by atoms with Gasteiger partial charge in [-0.25, -0.2) is 0 Å². The Kier molecular flexibility index (Phi) is 4.91. The fourth-order valence-electron chi connectivity index (χ4n) is 4.04. The lowest BCUT2D eigenvalue weighted by molar-refractivity contribution is -0.149. The van der Waals surface area contributed by atoms with Crippen molar-refractivity contribution in [2.24, 2.45) is 11.3 Å². The highest BCUT2D eigenvalue weighted by Gasteiger charge is 2.57. The van der Waals surface area contributed by atoms with E-state index >= 15 is 0 Å². The minimum atomic E-state index is -1.66. The van der Waals surface area contributed by atoms with Gasteiger partial charge in [-0.2, -0.15) is 0 Å². The number of carbonyl (C=O) groups is 3. The molecule has 1 fully saturated rings. The summed E-state index contributed by atoms with van der Waals surface area (Å²) >= 11 is 0. The number of Topliss-reactive ketones (excluding diaryl/α,β-unsaturated/α-hetero) is 2. The van der Waals surface area contributed by atoms with Crippen LogP contribution < -0.4 is 14.2 Å². The Balaban J connectivity index is 2.20. The maximum Gasteiger partial charge on any atom is 0.203 e. The SMILES string of the molecule is C=CC(=O)C12CCCC(C=C(c3cc(OC)c(OC)c(OC)c3)C1=O)C2=O. The molecule has 6 nitrogen and oxygen atoms in total. The van der Waals surface area contributed by atoms with Crippen molar-refractivity contribution in [3.63, 3.8) is 0 Å². The first-order chi connectivity index (χ1) is 12.9. The van der Waals surface area contributed by atoms with Crippen LogP contribution in [0.3, 0.4) is 0 Å². The quantitative estimate of drug-likeness (QED) is 0.566. The standard InChI is InChI=1S/C21H22O6/c1-5-17(22)21-8-6-7-12(19(21)23)9-14(20(21)24)13-10-15(25-2)18(27-4)16(11-13)26-3/h5,9-12H,1,6-8H2,2-4H3. The molecule has 2 aliphatic rings. The second kappa shape index (κ2) is 7.02. The Labute approximate surface area is 157 Å². The van der Waals surface area contributed by atoms with Crippen LogP contribution >= 0.6 is 0 Å². The zero-order chi connectivity index (χ0) is 19.8. The number of hydrogen-bond donors (Lipinski definition) is 0. The smallest absolute Gasteiger partial charge is 0.203 e. The van der Waals surface area contributed by atoms with E-state index in [1.54, 1.807) is 18.2 Å². The molecule has 142 valence electrons. The van der Waals surface area contributed by atoms with Crippen LogP contribution in [0.4, 0.5) is 0 Å². The first-order valence-corrected chi connectivity index (χ1v) is 8.72. The van der Waals surface area contributed by atoms with Crippen molar-refractivity contribution in [1.29, 1.82) is 0 Å². The van der Waals surface area contributed by atoms with Crippen molar-refractivity contribution in [1.82, 2.24) is 0 Å². The maximum absolute atomic E-state index is 13.4. The molecule has 3 rings (SSSR count). The van der Waals surface area contributed by atoms with E-state index in [9.17, 15) is 14.4 Å². The number of carbonyl (C=O) groups excluding carboxylic acids is 3. The summed E-state index contributed by atoms with van der Waals surface area (Å²) in [6.45, 7) is 3.49. The van der Waals surface area contributed by atoms with Crippen LogP contribution in [0.1, 0.15) is 24.8 Å². The third kappa shape index (κ3) is 2.67. The van der Waals surface area contributed by atoms with Gasteiger partial charge >= 0.3 is 0 Å². The van der Waals surface area contributed by atoms with Gasteiger partial charge in [0.1, 0.15) is 0 Å². The Morgan fingerprint density at radius 1 is 1.15 bits per heavy atom. The summed E-state index contributed by atoms with van der Waals surface area (Å²) in [6.07, 6.45) is 4.22. The first kappa shape index (κ1) is 18.9. The molecule has 2 bridgehead atoms. The molecule has 0 aromatic heterocycles. The number of methoxy groups -OCH3 is 3. The van der Waals surface area contributed by atoms with Crippen LogP contribution in [-0.4, -0.2) is 38.7 Å². The van der Waals surface area contributed by atoms with Gasteiger partial charge in [0.25, 0.3) is 0 Å². The fraction of sp³-hybridized carbons (Fsp3) is 0.381. The topological polar surface area (TPSA) is 78.9 Å². The molecule has 2 unspecified atom stereocenters. The van der Waals surface area contributed by atoms with Crippen LogP contribution in [0, 0.1) is 11.3 Å². The molecule has 1 aromatic carbocycles. The predicted octanol–water partition coefficient (Wildman–Crippen LogP) is 2.79. The van der Waals surface area contributed by atoms with Gasteiger partial charge in [-0.15, -0.1) is 0 Å². The van der Waals surface area contributed by atoms with Crippen molar-refractivity contribution in [3.8, 4) is 17.2 Å². The third-order valence-electron chi connectivity index (χ3n) is 5.41. The van der Waals surface area contributed by atoms with Gasteiger partial charge in [0.15, 0.2) is 34.3 Å². The molecule has 0 N–H and O–H groups in total. The molecule has 0 heterocycles. The zero-order valence-electron chi connectivity index (χ0n) is 15.7. The van der Waals surface area contributed by atoms with E-state index in [4.69, 9.17) is 14.2 Å². The average molecular weight is 370 g/mol. The molecular weight excluding hydrogens is 348 g/mol. The fourth-order valence-corrected chi connectivity index (χ4v) is 4.04. The van der Waals surface area contributed by atoms with Crippen LogP contribution in [0.25, 0.3) is 5.57 Å². The molecule has 2 aliphatic carbocycles. The van der Waals surface area contributed by atoms with Crippen molar-refractivity contribution < 1.29 is 28.6 Å². The number of hydrogen-bond acceptors (Lipinski definition) is 6. The number of ether oxygens (including phenoxy) is 3. The summed E-state index contributed by atoms with van der Waals surface area (Å²) in [5.74, 6) is -0.601. The minimum Gasteiger partial charge on any atom is -0.493 e. The molecule has 0 radical (unpaired) electrons. The molecule has 1 aromatic rings. The van der Waals surface area contributed by atoms with Gasteiger partial charge in [0.2, 0.25) is 5.75 Å². The van der Waals surface area contributed by atoms with E-state index in [2.05, 4.69) is 6.58 Å². The van der Waals surface area contributed by atoms with Gasteiger partial charge < -0.3 is 14.2 Å². The van der Waals surface area contributed by atoms with E-state index in [-0.39, 0.29) is 12.2 Å². The van der Waals surface area contributed by atoms with E-state index in [1.807, 2.05) is 0 Å². The lowest BCUT2D eigenvalue weighted by Gasteiger charge is -2.39. The largest absolute Gasteiger partial charge is 0.493 e. The molecule has 0 saturated heterocycles. The van der Waals surface area contributed by atoms with Crippen molar-refractivity contribution in [2.45, 2.75) is 19.3 Å². The monoisotopic (exact) mass is 370 g/mol. The van der Waals surface area contributed by atoms with E-state index in [1.165, 1.54) is 21.3 Å². The van der Waals surface area contributed by atoms with Crippen LogP contribution in [0.15, 0.2) is 30.9 Å².